The van der Waals surface area contributed by atoms with Crippen LogP contribution in [-0.2, 0) is 0 Å². The van der Waals surface area contributed by atoms with Gasteiger partial charge in [0.2, 0.25) is 0 Å². The standard InChI is InChI=1S/C11H17N5/c1-8-13-9(15-11(2,3)4)6-10(14-8)16(5)7-12/h6H,1-5H3,(H,13,14,15). The first-order chi connectivity index (χ1) is 7.31. The van der Waals surface area contributed by atoms with E-state index in [1.807, 2.05) is 13.1 Å². The summed E-state index contributed by atoms with van der Waals surface area (Å²) in [5.41, 5.74) is -0.0662. The molecule has 1 heterocycles. The molecular formula is C11H17N5. The molecule has 0 aliphatic rings. The van der Waals surface area contributed by atoms with Crippen LogP contribution < -0.4 is 10.2 Å². The fourth-order valence-corrected chi connectivity index (χ4v) is 1.22. The van der Waals surface area contributed by atoms with Crippen LogP contribution in [0.4, 0.5) is 11.6 Å². The van der Waals surface area contributed by atoms with Crippen molar-refractivity contribution < 1.29 is 0 Å². The van der Waals surface area contributed by atoms with E-state index in [1.165, 1.54) is 4.90 Å². The van der Waals surface area contributed by atoms with Crippen LogP contribution in [0.5, 0.6) is 0 Å². The third-order valence-corrected chi connectivity index (χ3v) is 1.82. The molecule has 5 nitrogen and oxygen atoms in total. The molecule has 1 aromatic heterocycles. The van der Waals surface area contributed by atoms with E-state index >= 15 is 0 Å². The topological polar surface area (TPSA) is 64.8 Å². The molecule has 1 N–H and O–H groups in total. The van der Waals surface area contributed by atoms with Gasteiger partial charge < -0.3 is 5.32 Å². The van der Waals surface area contributed by atoms with E-state index in [0.29, 0.717) is 11.6 Å². The number of nitrogens with one attached hydrogen (secondary N) is 1. The van der Waals surface area contributed by atoms with Crippen molar-refractivity contribution in [2.75, 3.05) is 17.3 Å². The quantitative estimate of drug-likeness (QED) is 0.608. The Morgan fingerprint density at radius 2 is 2.00 bits per heavy atom. The number of hydrogen-bond acceptors (Lipinski definition) is 5. The molecule has 0 radical (unpaired) electrons. The molecule has 0 atom stereocenters. The largest absolute Gasteiger partial charge is 0.365 e. The molecule has 0 amide bonds. The van der Waals surface area contributed by atoms with Gasteiger partial charge in [-0.05, 0) is 27.7 Å². The Morgan fingerprint density at radius 3 is 2.50 bits per heavy atom. The molecule has 0 fully saturated rings. The lowest BCUT2D eigenvalue weighted by Gasteiger charge is -2.22. The molecule has 0 spiro atoms. The summed E-state index contributed by atoms with van der Waals surface area (Å²) in [4.78, 5) is 9.87. The number of aryl methyl sites for hydroxylation is 1. The van der Waals surface area contributed by atoms with Crippen molar-refractivity contribution in [2.45, 2.75) is 33.2 Å². The SMILES string of the molecule is Cc1nc(NC(C)(C)C)cc(N(C)C#N)n1. The number of nitrogens with zero attached hydrogens (tertiary/aromatic N) is 4. The maximum absolute atomic E-state index is 8.80. The maximum Gasteiger partial charge on any atom is 0.185 e. The van der Waals surface area contributed by atoms with Crippen molar-refractivity contribution in [1.82, 2.24) is 9.97 Å². The minimum atomic E-state index is -0.0662. The van der Waals surface area contributed by atoms with Crippen LogP contribution in [0.25, 0.3) is 0 Å². The summed E-state index contributed by atoms with van der Waals surface area (Å²) in [6.45, 7) is 7.97. The van der Waals surface area contributed by atoms with Gasteiger partial charge in [0.05, 0.1) is 0 Å². The Balaban J connectivity index is 3.04. The zero-order chi connectivity index (χ0) is 12.3. The molecule has 16 heavy (non-hydrogen) atoms. The highest BCUT2D eigenvalue weighted by Gasteiger charge is 2.12. The maximum atomic E-state index is 8.80. The normalized spacial score (nSPS) is 10.8. The highest BCUT2D eigenvalue weighted by Crippen LogP contribution is 2.17. The second kappa shape index (κ2) is 4.35. The highest BCUT2D eigenvalue weighted by molar-refractivity contribution is 5.52. The van der Waals surface area contributed by atoms with Gasteiger partial charge in [-0.3, -0.25) is 4.90 Å². The number of hydrogen-bond donors (Lipinski definition) is 1. The van der Waals surface area contributed by atoms with Gasteiger partial charge >= 0.3 is 0 Å². The second-order valence-electron chi connectivity index (χ2n) is 4.69. The molecule has 5 heteroatoms. The van der Waals surface area contributed by atoms with E-state index in [1.54, 1.807) is 13.1 Å². The molecule has 0 unspecified atom stereocenters. The van der Waals surface area contributed by atoms with E-state index in [-0.39, 0.29) is 5.54 Å². The number of nitriles is 1. The smallest absolute Gasteiger partial charge is 0.185 e. The average molecular weight is 219 g/mol. The van der Waals surface area contributed by atoms with E-state index < -0.39 is 0 Å². The first kappa shape index (κ1) is 12.2. The first-order valence-corrected chi connectivity index (χ1v) is 5.09. The molecule has 0 saturated carbocycles. The Morgan fingerprint density at radius 1 is 1.38 bits per heavy atom. The van der Waals surface area contributed by atoms with Crippen molar-refractivity contribution in [1.29, 1.82) is 5.26 Å². The van der Waals surface area contributed by atoms with Crippen LogP contribution in [0, 0.1) is 18.4 Å². The van der Waals surface area contributed by atoms with Crippen molar-refractivity contribution in [3.8, 4) is 6.19 Å². The van der Waals surface area contributed by atoms with E-state index in [4.69, 9.17) is 5.26 Å². The summed E-state index contributed by atoms with van der Waals surface area (Å²) in [6.07, 6.45) is 2.01. The van der Waals surface area contributed by atoms with Crippen LogP contribution in [-0.4, -0.2) is 22.6 Å². The minimum absolute atomic E-state index is 0.0662. The summed E-state index contributed by atoms with van der Waals surface area (Å²) in [5.74, 6) is 1.98. The van der Waals surface area contributed by atoms with Gasteiger partial charge in [-0.15, -0.1) is 0 Å². The molecular weight excluding hydrogens is 202 g/mol. The van der Waals surface area contributed by atoms with Crippen molar-refractivity contribution in [3.63, 3.8) is 0 Å². The molecule has 1 aromatic rings. The van der Waals surface area contributed by atoms with Crippen molar-refractivity contribution in [2.24, 2.45) is 0 Å². The monoisotopic (exact) mass is 219 g/mol. The lowest BCUT2D eigenvalue weighted by molar-refractivity contribution is 0.629. The van der Waals surface area contributed by atoms with Gasteiger partial charge in [0, 0.05) is 18.7 Å². The van der Waals surface area contributed by atoms with Crippen molar-refractivity contribution >= 4 is 11.6 Å². The van der Waals surface area contributed by atoms with E-state index in [9.17, 15) is 0 Å². The van der Waals surface area contributed by atoms with Crippen LogP contribution in [0.1, 0.15) is 26.6 Å². The summed E-state index contributed by atoms with van der Waals surface area (Å²) in [7, 11) is 1.67. The van der Waals surface area contributed by atoms with Gasteiger partial charge in [0.15, 0.2) is 6.19 Å². The Labute approximate surface area is 96.1 Å². The van der Waals surface area contributed by atoms with Gasteiger partial charge in [0.1, 0.15) is 17.5 Å². The number of rotatable bonds is 2. The van der Waals surface area contributed by atoms with Gasteiger partial charge in [-0.25, -0.2) is 9.97 Å². The predicted octanol–water partition coefficient (Wildman–Crippen LogP) is 1.91. The Kier molecular flexibility index (Phi) is 3.33. The summed E-state index contributed by atoms with van der Waals surface area (Å²) in [5, 5.41) is 12.1. The molecule has 0 bridgehead atoms. The predicted molar refractivity (Wildman–Crippen MR) is 64.2 cm³/mol. The van der Waals surface area contributed by atoms with Crippen LogP contribution >= 0.6 is 0 Å². The Hall–Kier alpha value is -1.83. The van der Waals surface area contributed by atoms with Crippen LogP contribution in [0.15, 0.2) is 6.07 Å². The van der Waals surface area contributed by atoms with Crippen molar-refractivity contribution in [3.05, 3.63) is 11.9 Å². The van der Waals surface area contributed by atoms with Crippen LogP contribution in [0.2, 0.25) is 0 Å². The number of anilines is 2. The fraction of sp³-hybridized carbons (Fsp3) is 0.545. The van der Waals surface area contributed by atoms with Gasteiger partial charge in [-0.2, -0.15) is 5.26 Å². The third kappa shape index (κ3) is 3.39. The third-order valence-electron chi connectivity index (χ3n) is 1.82. The summed E-state index contributed by atoms with van der Waals surface area (Å²) >= 11 is 0. The zero-order valence-corrected chi connectivity index (χ0v) is 10.4. The zero-order valence-electron chi connectivity index (χ0n) is 10.4. The lowest BCUT2D eigenvalue weighted by Crippen LogP contribution is -2.27. The second-order valence-corrected chi connectivity index (χ2v) is 4.69. The van der Waals surface area contributed by atoms with Gasteiger partial charge in [-0.1, -0.05) is 0 Å². The molecule has 86 valence electrons. The lowest BCUT2D eigenvalue weighted by atomic mass is 10.1. The minimum Gasteiger partial charge on any atom is -0.365 e. The molecule has 0 aliphatic carbocycles. The fourth-order valence-electron chi connectivity index (χ4n) is 1.22. The highest BCUT2D eigenvalue weighted by atomic mass is 15.2. The molecule has 1 rings (SSSR count). The summed E-state index contributed by atoms with van der Waals surface area (Å²) in [6, 6.07) is 1.77. The van der Waals surface area contributed by atoms with E-state index in [2.05, 4.69) is 36.1 Å². The molecule has 0 saturated heterocycles. The molecule has 0 aromatic carbocycles. The Bertz CT molecular complexity index is 413. The first-order valence-electron chi connectivity index (χ1n) is 5.09. The van der Waals surface area contributed by atoms with Gasteiger partial charge in [0.25, 0.3) is 0 Å². The average Bonchev–Trinajstić information content (AvgIpc) is 2.12. The molecule has 0 aliphatic heterocycles. The van der Waals surface area contributed by atoms with Crippen LogP contribution in [0.3, 0.4) is 0 Å². The van der Waals surface area contributed by atoms with E-state index in [0.717, 1.165) is 5.82 Å². The number of aromatic nitrogens is 2. The summed E-state index contributed by atoms with van der Waals surface area (Å²) < 4.78 is 0.